The van der Waals surface area contributed by atoms with Crippen LogP contribution < -0.4 is 0 Å². The topological polar surface area (TPSA) is 97.8 Å². The van der Waals surface area contributed by atoms with Gasteiger partial charge in [-0.05, 0) is 17.4 Å². The predicted octanol–water partition coefficient (Wildman–Crippen LogP) is -1.05. The number of H-pyrrole nitrogens is 1. The maximum atomic E-state index is 10.9. The Morgan fingerprint density at radius 3 is 2.83 bits per heavy atom. The van der Waals surface area contributed by atoms with Crippen LogP contribution in [0.25, 0.3) is 0 Å². The molecular weight excluding hydrogens is 164 g/mol. The number of esters is 1. The molecule has 1 heterocycles. The van der Waals surface area contributed by atoms with Crippen LogP contribution in [0.5, 0.6) is 0 Å². The molecule has 0 amide bonds. The van der Waals surface area contributed by atoms with Crippen molar-refractivity contribution in [3.63, 3.8) is 0 Å². The molecule has 0 fully saturated rings. The van der Waals surface area contributed by atoms with Gasteiger partial charge in [-0.15, -0.1) is 5.10 Å². The molecule has 0 unspecified atom stereocenters. The van der Waals surface area contributed by atoms with Crippen LogP contribution in [-0.2, 0) is 9.53 Å². The van der Waals surface area contributed by atoms with E-state index in [-0.39, 0.29) is 12.4 Å². The fourth-order valence-corrected chi connectivity index (χ4v) is 0.549. The van der Waals surface area contributed by atoms with E-state index in [0.717, 1.165) is 0 Å². The molecular formula is C5H6N4O3. The van der Waals surface area contributed by atoms with Crippen LogP contribution in [0, 0.1) is 0 Å². The molecule has 1 aromatic heterocycles. The van der Waals surface area contributed by atoms with Gasteiger partial charge in [0, 0.05) is 0 Å². The molecule has 0 bridgehead atoms. The van der Waals surface area contributed by atoms with Crippen LogP contribution in [0.4, 0.5) is 0 Å². The normalized spacial score (nSPS) is 9.42. The van der Waals surface area contributed by atoms with Gasteiger partial charge in [-0.1, -0.05) is 0 Å². The Morgan fingerprint density at radius 1 is 1.58 bits per heavy atom. The van der Waals surface area contributed by atoms with E-state index in [9.17, 15) is 9.59 Å². The first kappa shape index (κ1) is 8.31. The molecule has 0 saturated carbocycles. The third kappa shape index (κ3) is 1.62. The van der Waals surface area contributed by atoms with Crippen molar-refractivity contribution < 1.29 is 14.3 Å². The number of aromatic amines is 1. The van der Waals surface area contributed by atoms with E-state index in [0.29, 0.717) is 0 Å². The van der Waals surface area contributed by atoms with Crippen molar-refractivity contribution in [2.45, 2.75) is 6.92 Å². The number of nitrogens with one attached hydrogen (secondary N) is 1. The zero-order valence-corrected chi connectivity index (χ0v) is 6.27. The molecule has 0 aromatic carbocycles. The van der Waals surface area contributed by atoms with Crippen LogP contribution in [0.2, 0.25) is 0 Å². The molecule has 0 spiro atoms. The smallest absolute Gasteiger partial charge is 0.383 e. The number of aromatic nitrogens is 4. The minimum Gasteiger partial charge on any atom is -0.460 e. The number of carbonyl (C=O) groups excluding carboxylic acids is 2. The van der Waals surface area contributed by atoms with Gasteiger partial charge in [0.25, 0.3) is 0 Å². The Balaban J connectivity index is 2.66. The lowest BCUT2D eigenvalue weighted by molar-refractivity contribution is -0.137. The van der Waals surface area contributed by atoms with Crippen molar-refractivity contribution in [3.05, 3.63) is 5.82 Å². The first-order chi connectivity index (χ1) is 5.75. The molecule has 12 heavy (non-hydrogen) atoms. The first-order valence-corrected chi connectivity index (χ1v) is 3.21. The van der Waals surface area contributed by atoms with Gasteiger partial charge in [-0.2, -0.15) is 0 Å². The van der Waals surface area contributed by atoms with Crippen molar-refractivity contribution in [2.24, 2.45) is 0 Å². The van der Waals surface area contributed by atoms with E-state index < -0.39 is 11.8 Å². The number of hydrogen-bond donors (Lipinski definition) is 1. The highest BCUT2D eigenvalue weighted by molar-refractivity contribution is 6.39. The molecule has 0 aliphatic carbocycles. The number of carbonyl (C=O) groups is 2. The van der Waals surface area contributed by atoms with E-state index in [1.165, 1.54) is 0 Å². The maximum Gasteiger partial charge on any atom is 0.383 e. The third-order valence-corrected chi connectivity index (χ3v) is 1.02. The quantitative estimate of drug-likeness (QED) is 0.353. The van der Waals surface area contributed by atoms with Crippen molar-refractivity contribution in [1.29, 1.82) is 0 Å². The summed E-state index contributed by atoms with van der Waals surface area (Å²) in [6, 6.07) is 0. The van der Waals surface area contributed by atoms with E-state index in [2.05, 4.69) is 25.4 Å². The van der Waals surface area contributed by atoms with E-state index in [4.69, 9.17) is 0 Å². The standard InChI is InChI=1S/C5H6N4O3/c1-2-12-5(11)3(10)4-6-8-9-7-4/h2H2,1H3,(H,6,7,8,9). The molecule has 0 aliphatic heterocycles. The van der Waals surface area contributed by atoms with E-state index in [1.807, 2.05) is 0 Å². The lowest BCUT2D eigenvalue weighted by Crippen LogP contribution is -2.18. The fourth-order valence-electron chi connectivity index (χ4n) is 0.549. The molecule has 7 heteroatoms. The number of Topliss-reactive ketones (excluding diaryl/α,β-unsaturated/α-hetero) is 1. The van der Waals surface area contributed by atoms with Gasteiger partial charge in [0.1, 0.15) is 0 Å². The summed E-state index contributed by atoms with van der Waals surface area (Å²) in [6.07, 6.45) is 0. The summed E-state index contributed by atoms with van der Waals surface area (Å²) in [5.74, 6) is -2.05. The number of ether oxygens (including phenoxy) is 1. The molecule has 7 nitrogen and oxygen atoms in total. The minimum absolute atomic E-state index is 0.145. The average Bonchev–Trinajstić information content (AvgIpc) is 2.55. The van der Waals surface area contributed by atoms with Gasteiger partial charge in [0.2, 0.25) is 5.82 Å². The Kier molecular flexibility index (Phi) is 2.46. The van der Waals surface area contributed by atoms with Crippen LogP contribution >= 0.6 is 0 Å². The number of nitrogens with zero attached hydrogens (tertiary/aromatic N) is 3. The average molecular weight is 170 g/mol. The van der Waals surface area contributed by atoms with E-state index >= 15 is 0 Å². The number of ketones is 1. The largest absolute Gasteiger partial charge is 0.460 e. The summed E-state index contributed by atoms with van der Waals surface area (Å²) in [5.41, 5.74) is 0. The Hall–Kier alpha value is -1.79. The summed E-state index contributed by atoms with van der Waals surface area (Å²) >= 11 is 0. The highest BCUT2D eigenvalue weighted by Gasteiger charge is 2.20. The van der Waals surface area contributed by atoms with Crippen molar-refractivity contribution in [1.82, 2.24) is 20.6 Å². The summed E-state index contributed by atoms with van der Waals surface area (Å²) in [5, 5.41) is 11.7. The lowest BCUT2D eigenvalue weighted by Gasteiger charge is -1.95. The molecule has 0 radical (unpaired) electrons. The van der Waals surface area contributed by atoms with Crippen molar-refractivity contribution >= 4 is 11.8 Å². The van der Waals surface area contributed by atoms with Gasteiger partial charge in [0.15, 0.2) is 0 Å². The van der Waals surface area contributed by atoms with Crippen LogP contribution in [0.15, 0.2) is 0 Å². The molecule has 0 saturated heterocycles. The monoisotopic (exact) mass is 170 g/mol. The zero-order valence-electron chi connectivity index (χ0n) is 6.27. The minimum atomic E-state index is -0.962. The number of tetrazole rings is 1. The van der Waals surface area contributed by atoms with Gasteiger partial charge in [-0.3, -0.25) is 4.79 Å². The molecule has 1 rings (SSSR count). The summed E-state index contributed by atoms with van der Waals surface area (Å²) < 4.78 is 4.42. The second-order valence-electron chi connectivity index (χ2n) is 1.80. The second kappa shape index (κ2) is 3.56. The van der Waals surface area contributed by atoms with Crippen LogP contribution in [0.1, 0.15) is 17.5 Å². The summed E-state index contributed by atoms with van der Waals surface area (Å²) in [4.78, 5) is 21.7. The van der Waals surface area contributed by atoms with E-state index in [1.54, 1.807) is 6.92 Å². The van der Waals surface area contributed by atoms with Crippen LogP contribution in [0.3, 0.4) is 0 Å². The SMILES string of the molecule is CCOC(=O)C(=O)c1nnn[nH]1. The van der Waals surface area contributed by atoms with Gasteiger partial charge in [-0.25, -0.2) is 9.89 Å². The summed E-state index contributed by atoms with van der Waals surface area (Å²) in [6.45, 7) is 1.75. The molecule has 1 N–H and O–H groups in total. The van der Waals surface area contributed by atoms with Gasteiger partial charge < -0.3 is 4.74 Å². The fraction of sp³-hybridized carbons (Fsp3) is 0.400. The maximum absolute atomic E-state index is 10.9. The van der Waals surface area contributed by atoms with Gasteiger partial charge in [0.05, 0.1) is 6.61 Å². The lowest BCUT2D eigenvalue weighted by atomic mass is 10.4. The third-order valence-electron chi connectivity index (χ3n) is 1.02. The highest BCUT2D eigenvalue weighted by atomic mass is 16.5. The van der Waals surface area contributed by atoms with Crippen LogP contribution in [-0.4, -0.2) is 39.0 Å². The molecule has 0 aliphatic rings. The zero-order chi connectivity index (χ0) is 8.97. The molecule has 0 atom stereocenters. The molecule has 1 aromatic rings. The van der Waals surface area contributed by atoms with Crippen molar-refractivity contribution in [3.8, 4) is 0 Å². The highest BCUT2D eigenvalue weighted by Crippen LogP contribution is 1.89. The Bertz CT molecular complexity index is 281. The number of rotatable bonds is 3. The Labute approximate surface area is 67.1 Å². The first-order valence-electron chi connectivity index (χ1n) is 3.21. The Morgan fingerprint density at radius 2 is 2.33 bits per heavy atom. The predicted molar refractivity (Wildman–Crippen MR) is 35.1 cm³/mol. The number of hydrogen-bond acceptors (Lipinski definition) is 6. The summed E-state index contributed by atoms with van der Waals surface area (Å²) in [7, 11) is 0. The van der Waals surface area contributed by atoms with Gasteiger partial charge >= 0.3 is 11.8 Å². The van der Waals surface area contributed by atoms with Crippen molar-refractivity contribution in [2.75, 3.05) is 6.61 Å². The molecule has 64 valence electrons. The second-order valence-corrected chi connectivity index (χ2v) is 1.80.